The minimum Gasteiger partial charge on any atom is -0.395 e. The summed E-state index contributed by atoms with van der Waals surface area (Å²) in [6.07, 6.45) is 1.57. The van der Waals surface area contributed by atoms with Crippen LogP contribution in [0.25, 0.3) is 0 Å². The molecule has 1 aromatic carbocycles. The van der Waals surface area contributed by atoms with Gasteiger partial charge in [0.15, 0.2) is 0 Å². The Bertz CT molecular complexity index is 857. The van der Waals surface area contributed by atoms with Crippen molar-refractivity contribution in [2.24, 2.45) is 0 Å². The van der Waals surface area contributed by atoms with Crippen molar-refractivity contribution in [3.05, 3.63) is 28.7 Å². The molecule has 10 nitrogen and oxygen atoms in total. The number of nitrogens with zero attached hydrogens (tertiary/aromatic N) is 4. The maximum atomic E-state index is 12.5. The lowest BCUT2D eigenvalue weighted by Gasteiger charge is -2.32. The van der Waals surface area contributed by atoms with Gasteiger partial charge in [-0.2, -0.15) is 15.0 Å². The molecule has 11 heteroatoms. The zero-order chi connectivity index (χ0) is 22.2. The van der Waals surface area contributed by atoms with Gasteiger partial charge in [0.1, 0.15) is 0 Å². The summed E-state index contributed by atoms with van der Waals surface area (Å²) >= 11 is 3.39. The average molecular weight is 493 g/mol. The molecule has 1 fully saturated rings. The van der Waals surface area contributed by atoms with Crippen molar-refractivity contribution in [3.8, 4) is 0 Å². The Morgan fingerprint density at radius 3 is 2.42 bits per heavy atom. The lowest BCUT2D eigenvalue weighted by atomic mass is 10.1. The monoisotopic (exact) mass is 492 g/mol. The predicted molar refractivity (Wildman–Crippen MR) is 126 cm³/mol. The van der Waals surface area contributed by atoms with Crippen LogP contribution in [0.15, 0.2) is 28.7 Å². The second-order valence-electron chi connectivity index (χ2n) is 7.60. The number of likely N-dealkylation sites (tertiary alicyclic amines) is 1. The number of aliphatic hydroxyl groups excluding tert-OH is 1. The SMILES string of the molecule is CC(C)Nc1nc(NCCO)nc(NC2CCN(C(=O)Nc3ccc(Br)cc3)CC2)n1. The van der Waals surface area contributed by atoms with Crippen molar-refractivity contribution >= 4 is 45.5 Å². The number of aliphatic hydroxyl groups is 1. The molecule has 168 valence electrons. The summed E-state index contributed by atoms with van der Waals surface area (Å²) in [4.78, 5) is 27.5. The largest absolute Gasteiger partial charge is 0.395 e. The Labute approximate surface area is 190 Å². The van der Waals surface area contributed by atoms with Crippen LogP contribution >= 0.6 is 15.9 Å². The number of carbonyl (C=O) groups excluding carboxylic acids is 1. The third-order valence-corrected chi connectivity index (χ3v) is 5.19. The smallest absolute Gasteiger partial charge is 0.321 e. The fraction of sp³-hybridized carbons (Fsp3) is 0.500. The molecule has 1 aliphatic heterocycles. The highest BCUT2D eigenvalue weighted by molar-refractivity contribution is 9.10. The van der Waals surface area contributed by atoms with E-state index in [9.17, 15) is 4.79 Å². The van der Waals surface area contributed by atoms with Crippen LogP contribution in [0.4, 0.5) is 28.3 Å². The summed E-state index contributed by atoms with van der Waals surface area (Å²) in [6, 6.07) is 7.74. The minimum absolute atomic E-state index is 0.0117. The van der Waals surface area contributed by atoms with Crippen LogP contribution in [0, 0.1) is 0 Å². The minimum atomic E-state index is -0.0974. The van der Waals surface area contributed by atoms with Crippen molar-refractivity contribution in [2.75, 3.05) is 47.5 Å². The number of rotatable bonds is 8. The van der Waals surface area contributed by atoms with Crippen LogP contribution in [-0.4, -0.2) is 69.3 Å². The molecule has 0 saturated carbocycles. The van der Waals surface area contributed by atoms with Crippen LogP contribution in [0.5, 0.6) is 0 Å². The highest BCUT2D eigenvalue weighted by atomic mass is 79.9. The first-order valence-electron chi connectivity index (χ1n) is 10.4. The van der Waals surface area contributed by atoms with Crippen LogP contribution in [-0.2, 0) is 0 Å². The van der Waals surface area contributed by atoms with Gasteiger partial charge in [0.25, 0.3) is 0 Å². The number of urea groups is 1. The molecule has 0 atom stereocenters. The van der Waals surface area contributed by atoms with Gasteiger partial charge in [0, 0.05) is 41.9 Å². The average Bonchev–Trinajstić information content (AvgIpc) is 2.74. The molecule has 0 aliphatic carbocycles. The quantitative estimate of drug-likeness (QED) is 0.380. The molecule has 0 unspecified atom stereocenters. The van der Waals surface area contributed by atoms with E-state index < -0.39 is 0 Å². The van der Waals surface area contributed by atoms with Crippen molar-refractivity contribution in [2.45, 2.75) is 38.8 Å². The Morgan fingerprint density at radius 1 is 1.13 bits per heavy atom. The fourth-order valence-electron chi connectivity index (χ4n) is 3.16. The van der Waals surface area contributed by atoms with E-state index >= 15 is 0 Å². The molecule has 2 amide bonds. The molecule has 1 aliphatic rings. The van der Waals surface area contributed by atoms with Gasteiger partial charge in [0.05, 0.1) is 6.61 Å². The molecule has 0 spiro atoms. The Hall–Kier alpha value is -2.66. The van der Waals surface area contributed by atoms with E-state index in [0.717, 1.165) is 23.0 Å². The molecule has 31 heavy (non-hydrogen) atoms. The molecular weight excluding hydrogens is 464 g/mol. The zero-order valence-corrected chi connectivity index (χ0v) is 19.3. The van der Waals surface area contributed by atoms with E-state index in [4.69, 9.17) is 5.11 Å². The van der Waals surface area contributed by atoms with E-state index in [2.05, 4.69) is 52.1 Å². The number of halogens is 1. The molecule has 5 N–H and O–H groups in total. The second kappa shape index (κ2) is 11.1. The number of nitrogens with one attached hydrogen (secondary N) is 4. The Kier molecular flexibility index (Phi) is 8.24. The molecule has 1 saturated heterocycles. The van der Waals surface area contributed by atoms with Crippen molar-refractivity contribution in [1.29, 1.82) is 0 Å². The lowest BCUT2D eigenvalue weighted by molar-refractivity contribution is 0.197. The van der Waals surface area contributed by atoms with Crippen LogP contribution in [0.3, 0.4) is 0 Å². The van der Waals surface area contributed by atoms with Gasteiger partial charge < -0.3 is 31.3 Å². The predicted octanol–water partition coefficient (Wildman–Crippen LogP) is 2.97. The number of piperidine rings is 1. The number of hydrogen-bond donors (Lipinski definition) is 5. The number of aromatic nitrogens is 3. The van der Waals surface area contributed by atoms with Crippen LogP contribution in [0.1, 0.15) is 26.7 Å². The van der Waals surface area contributed by atoms with Gasteiger partial charge in [0.2, 0.25) is 17.8 Å². The van der Waals surface area contributed by atoms with Crippen molar-refractivity contribution < 1.29 is 9.90 Å². The third-order valence-electron chi connectivity index (χ3n) is 4.66. The van der Waals surface area contributed by atoms with Gasteiger partial charge in [-0.15, -0.1) is 0 Å². The number of amides is 2. The summed E-state index contributed by atoms with van der Waals surface area (Å²) in [7, 11) is 0. The number of carbonyl (C=O) groups is 1. The Morgan fingerprint density at radius 2 is 1.77 bits per heavy atom. The summed E-state index contributed by atoms with van der Waals surface area (Å²) in [6.45, 7) is 5.63. The highest BCUT2D eigenvalue weighted by Crippen LogP contribution is 2.19. The molecular formula is C20H29BrN8O2. The first kappa shape index (κ1) is 23.0. The van der Waals surface area contributed by atoms with Crippen LogP contribution in [0.2, 0.25) is 0 Å². The highest BCUT2D eigenvalue weighted by Gasteiger charge is 2.23. The maximum Gasteiger partial charge on any atom is 0.321 e. The van der Waals surface area contributed by atoms with E-state index in [1.165, 1.54) is 0 Å². The fourth-order valence-corrected chi connectivity index (χ4v) is 3.42. The third kappa shape index (κ3) is 7.21. The summed E-state index contributed by atoms with van der Waals surface area (Å²) in [5, 5.41) is 21.5. The lowest BCUT2D eigenvalue weighted by Crippen LogP contribution is -2.44. The first-order chi connectivity index (χ1) is 14.9. The number of anilines is 4. The van der Waals surface area contributed by atoms with Crippen molar-refractivity contribution in [1.82, 2.24) is 19.9 Å². The zero-order valence-electron chi connectivity index (χ0n) is 17.7. The van der Waals surface area contributed by atoms with Gasteiger partial charge in [-0.25, -0.2) is 4.79 Å². The molecule has 0 bridgehead atoms. The van der Waals surface area contributed by atoms with E-state index in [1.807, 2.05) is 43.0 Å². The van der Waals surface area contributed by atoms with Crippen LogP contribution < -0.4 is 21.3 Å². The Balaban J connectivity index is 1.55. The van der Waals surface area contributed by atoms with Gasteiger partial charge in [-0.3, -0.25) is 0 Å². The van der Waals surface area contributed by atoms with E-state index in [1.54, 1.807) is 0 Å². The molecule has 1 aromatic heterocycles. The number of hydrogen-bond acceptors (Lipinski definition) is 8. The normalized spacial score (nSPS) is 14.4. The second-order valence-corrected chi connectivity index (χ2v) is 8.51. The molecule has 0 radical (unpaired) electrons. The summed E-state index contributed by atoms with van der Waals surface area (Å²) < 4.78 is 0.970. The summed E-state index contributed by atoms with van der Waals surface area (Å²) in [5.41, 5.74) is 0.770. The van der Waals surface area contributed by atoms with Gasteiger partial charge in [-0.05, 0) is 51.0 Å². The summed E-state index contributed by atoms with van der Waals surface area (Å²) in [5.74, 6) is 1.34. The molecule has 2 heterocycles. The molecule has 3 rings (SSSR count). The first-order valence-corrected chi connectivity index (χ1v) is 11.2. The van der Waals surface area contributed by atoms with Gasteiger partial charge in [-0.1, -0.05) is 15.9 Å². The van der Waals surface area contributed by atoms with Gasteiger partial charge >= 0.3 is 6.03 Å². The molecule has 2 aromatic rings. The topological polar surface area (TPSA) is 127 Å². The van der Waals surface area contributed by atoms with E-state index in [0.29, 0.717) is 37.5 Å². The van der Waals surface area contributed by atoms with Crippen molar-refractivity contribution in [3.63, 3.8) is 0 Å². The van der Waals surface area contributed by atoms with E-state index in [-0.39, 0.29) is 24.7 Å². The number of benzene rings is 1. The maximum absolute atomic E-state index is 12.5. The standard InChI is InChI=1S/C20H29BrN8O2/c1-13(2)23-18-26-17(22-9-12-30)27-19(28-18)24-16-7-10-29(11-8-16)20(31)25-15-5-3-14(21)4-6-15/h3-6,13,16,30H,7-12H2,1-2H3,(H,25,31)(H3,22,23,24,26,27,28).